The molecular weight excluding hydrogens is 358 g/mol. The Kier molecular flexibility index (Phi) is 8.87. The molecule has 0 aliphatic carbocycles. The van der Waals surface area contributed by atoms with Gasteiger partial charge in [-0.3, -0.25) is 9.69 Å². The molecule has 8 nitrogen and oxygen atoms in total. The fraction of sp³-hybridized carbons (Fsp3) is 0.600. The van der Waals surface area contributed by atoms with E-state index in [-0.39, 0.29) is 5.91 Å². The Hall–Kier alpha value is -2.48. The number of guanidine groups is 1. The lowest BCUT2D eigenvalue weighted by Gasteiger charge is -2.32. The topological polar surface area (TPSA) is 101 Å². The van der Waals surface area contributed by atoms with E-state index in [0.717, 1.165) is 55.5 Å². The van der Waals surface area contributed by atoms with Gasteiger partial charge in [0.2, 0.25) is 5.91 Å². The van der Waals surface area contributed by atoms with Gasteiger partial charge >= 0.3 is 0 Å². The molecule has 0 atom stereocenters. The van der Waals surface area contributed by atoms with Gasteiger partial charge in [-0.1, -0.05) is 6.07 Å². The fourth-order valence-corrected chi connectivity index (χ4v) is 3.23. The molecule has 1 aromatic rings. The zero-order chi connectivity index (χ0) is 20.4. The lowest BCUT2D eigenvalue weighted by atomic mass is 10.1. The lowest BCUT2D eigenvalue weighted by Crippen LogP contribution is -2.49. The monoisotopic (exact) mass is 391 g/mol. The first-order valence-corrected chi connectivity index (χ1v) is 9.90. The summed E-state index contributed by atoms with van der Waals surface area (Å²) < 4.78 is 11.0. The molecule has 1 aliphatic heterocycles. The number of amides is 1. The largest absolute Gasteiger partial charge is 0.493 e. The Morgan fingerprint density at radius 2 is 2.04 bits per heavy atom. The summed E-state index contributed by atoms with van der Waals surface area (Å²) in [6.45, 7) is 7.97. The van der Waals surface area contributed by atoms with Crippen LogP contribution in [0.25, 0.3) is 0 Å². The number of hydrogen-bond acceptors (Lipinski definition) is 5. The van der Waals surface area contributed by atoms with Gasteiger partial charge in [0.1, 0.15) is 0 Å². The van der Waals surface area contributed by atoms with Crippen LogP contribution < -0.4 is 25.8 Å². The number of ether oxygens (including phenoxy) is 2. The van der Waals surface area contributed by atoms with Crippen molar-refractivity contribution < 1.29 is 14.3 Å². The van der Waals surface area contributed by atoms with Gasteiger partial charge < -0.3 is 25.8 Å². The second-order valence-electron chi connectivity index (χ2n) is 6.77. The van der Waals surface area contributed by atoms with Crippen LogP contribution in [0.5, 0.6) is 11.5 Å². The van der Waals surface area contributed by atoms with Crippen molar-refractivity contribution in [1.29, 1.82) is 0 Å². The number of rotatable bonds is 9. The summed E-state index contributed by atoms with van der Waals surface area (Å²) in [7, 11) is 1.64. The molecule has 1 aliphatic rings. The van der Waals surface area contributed by atoms with E-state index in [4.69, 9.17) is 20.2 Å². The van der Waals surface area contributed by atoms with E-state index in [1.807, 2.05) is 32.0 Å². The summed E-state index contributed by atoms with van der Waals surface area (Å²) >= 11 is 0. The number of nitrogens with one attached hydrogen (secondary N) is 2. The van der Waals surface area contributed by atoms with Gasteiger partial charge in [0.05, 0.1) is 26.8 Å². The van der Waals surface area contributed by atoms with Crippen molar-refractivity contribution in [2.75, 3.05) is 39.9 Å². The number of aliphatic imine (C=N–C) groups is 1. The highest BCUT2D eigenvalue weighted by Crippen LogP contribution is 2.28. The second-order valence-corrected chi connectivity index (χ2v) is 6.77. The molecule has 0 spiro atoms. The summed E-state index contributed by atoms with van der Waals surface area (Å²) in [5.74, 6) is 1.98. The minimum Gasteiger partial charge on any atom is -0.493 e. The number of piperidine rings is 1. The number of carbonyl (C=O) groups is 1. The normalized spacial score (nSPS) is 15.9. The van der Waals surface area contributed by atoms with Crippen molar-refractivity contribution in [2.45, 2.75) is 39.3 Å². The van der Waals surface area contributed by atoms with Crippen LogP contribution in [-0.2, 0) is 11.3 Å². The third kappa shape index (κ3) is 6.92. The third-order valence-corrected chi connectivity index (χ3v) is 4.60. The van der Waals surface area contributed by atoms with Crippen molar-refractivity contribution in [3.63, 3.8) is 0 Å². The molecular formula is C20H33N5O3. The number of nitrogens with zero attached hydrogens (tertiary/aromatic N) is 2. The number of likely N-dealkylation sites (tertiary alicyclic amines) is 1. The third-order valence-electron chi connectivity index (χ3n) is 4.60. The highest BCUT2D eigenvalue weighted by Gasteiger charge is 2.20. The maximum atomic E-state index is 11.1. The molecule has 1 amide bonds. The molecule has 0 radical (unpaired) electrons. The van der Waals surface area contributed by atoms with E-state index in [1.54, 1.807) is 7.11 Å². The predicted molar refractivity (Wildman–Crippen MR) is 111 cm³/mol. The Labute approximate surface area is 167 Å². The van der Waals surface area contributed by atoms with Crippen LogP contribution in [0, 0.1) is 0 Å². The zero-order valence-corrected chi connectivity index (χ0v) is 17.2. The first-order valence-electron chi connectivity index (χ1n) is 9.90. The van der Waals surface area contributed by atoms with Gasteiger partial charge in [0, 0.05) is 25.7 Å². The van der Waals surface area contributed by atoms with Gasteiger partial charge in [0.25, 0.3) is 0 Å². The van der Waals surface area contributed by atoms with E-state index >= 15 is 0 Å². The summed E-state index contributed by atoms with van der Waals surface area (Å²) in [4.78, 5) is 17.9. The average Bonchev–Trinajstić information content (AvgIpc) is 2.68. The molecule has 0 bridgehead atoms. The quantitative estimate of drug-likeness (QED) is 0.430. The minimum absolute atomic E-state index is 0.271. The number of benzene rings is 1. The Morgan fingerprint density at radius 3 is 2.64 bits per heavy atom. The SMILES string of the molecule is CCNC(=NCc1ccc(OC)c(OCC)c1)NC1CCN(CC(N)=O)CC1. The first-order chi connectivity index (χ1) is 13.5. The van der Waals surface area contributed by atoms with Crippen LogP contribution in [-0.4, -0.2) is 62.7 Å². The number of methoxy groups -OCH3 is 1. The van der Waals surface area contributed by atoms with Crippen LogP contribution in [0.3, 0.4) is 0 Å². The molecule has 4 N–H and O–H groups in total. The van der Waals surface area contributed by atoms with Crippen LogP contribution in [0.1, 0.15) is 32.3 Å². The van der Waals surface area contributed by atoms with Gasteiger partial charge in [-0.25, -0.2) is 4.99 Å². The molecule has 1 saturated heterocycles. The summed E-state index contributed by atoms with van der Waals surface area (Å²) in [5.41, 5.74) is 6.33. The van der Waals surface area contributed by atoms with Crippen LogP contribution >= 0.6 is 0 Å². The minimum atomic E-state index is -0.271. The fourth-order valence-electron chi connectivity index (χ4n) is 3.23. The van der Waals surface area contributed by atoms with Crippen LogP contribution in [0.4, 0.5) is 0 Å². The summed E-state index contributed by atoms with van der Waals surface area (Å²) in [5, 5.41) is 6.80. The molecule has 0 unspecified atom stereocenters. The van der Waals surface area contributed by atoms with Gasteiger partial charge in [0.15, 0.2) is 17.5 Å². The predicted octanol–water partition coefficient (Wildman–Crippen LogP) is 1.10. The highest BCUT2D eigenvalue weighted by atomic mass is 16.5. The summed E-state index contributed by atoms with van der Waals surface area (Å²) in [6, 6.07) is 6.20. The Balaban J connectivity index is 1.95. The molecule has 156 valence electrons. The lowest BCUT2D eigenvalue weighted by molar-refractivity contribution is -0.119. The maximum absolute atomic E-state index is 11.1. The average molecular weight is 392 g/mol. The van der Waals surface area contributed by atoms with E-state index in [1.165, 1.54) is 0 Å². The molecule has 28 heavy (non-hydrogen) atoms. The second kappa shape index (κ2) is 11.4. The van der Waals surface area contributed by atoms with E-state index in [0.29, 0.717) is 25.7 Å². The van der Waals surface area contributed by atoms with E-state index in [9.17, 15) is 4.79 Å². The van der Waals surface area contributed by atoms with E-state index < -0.39 is 0 Å². The molecule has 0 saturated carbocycles. The maximum Gasteiger partial charge on any atom is 0.231 e. The number of primary amides is 1. The highest BCUT2D eigenvalue weighted by molar-refractivity contribution is 5.80. The number of carbonyl (C=O) groups excluding carboxylic acids is 1. The van der Waals surface area contributed by atoms with Crippen molar-refractivity contribution in [2.24, 2.45) is 10.7 Å². The Morgan fingerprint density at radius 1 is 1.29 bits per heavy atom. The van der Waals surface area contributed by atoms with Crippen molar-refractivity contribution in [3.8, 4) is 11.5 Å². The smallest absolute Gasteiger partial charge is 0.231 e. The molecule has 1 aromatic carbocycles. The van der Waals surface area contributed by atoms with Crippen LogP contribution in [0.15, 0.2) is 23.2 Å². The summed E-state index contributed by atoms with van der Waals surface area (Å²) in [6.07, 6.45) is 1.91. The van der Waals surface area contributed by atoms with Crippen molar-refractivity contribution >= 4 is 11.9 Å². The van der Waals surface area contributed by atoms with Crippen molar-refractivity contribution in [3.05, 3.63) is 23.8 Å². The number of nitrogens with two attached hydrogens (primary N) is 1. The molecule has 1 fully saturated rings. The standard InChI is InChI=1S/C20H33N5O3/c1-4-22-20(24-16-8-10-25(11-9-16)14-19(21)26)23-13-15-6-7-17(27-3)18(12-15)28-5-2/h6-7,12,16H,4-5,8-11,13-14H2,1-3H3,(H2,21,26)(H2,22,23,24). The van der Waals surface area contributed by atoms with Gasteiger partial charge in [-0.05, 0) is 44.4 Å². The number of hydrogen-bond donors (Lipinski definition) is 3. The molecule has 0 aromatic heterocycles. The van der Waals surface area contributed by atoms with Crippen LogP contribution in [0.2, 0.25) is 0 Å². The molecule has 1 heterocycles. The van der Waals surface area contributed by atoms with Crippen molar-refractivity contribution in [1.82, 2.24) is 15.5 Å². The molecule has 2 rings (SSSR count). The first kappa shape index (κ1) is 21.8. The zero-order valence-electron chi connectivity index (χ0n) is 17.2. The van der Waals surface area contributed by atoms with Gasteiger partial charge in [-0.2, -0.15) is 0 Å². The molecule has 8 heteroatoms. The van der Waals surface area contributed by atoms with Gasteiger partial charge in [-0.15, -0.1) is 0 Å². The Bertz CT molecular complexity index is 657. The van der Waals surface area contributed by atoms with E-state index in [2.05, 4.69) is 15.5 Å².